The van der Waals surface area contributed by atoms with Crippen molar-refractivity contribution in [1.29, 1.82) is 0 Å². The van der Waals surface area contributed by atoms with Crippen molar-refractivity contribution in [1.82, 2.24) is 0 Å². The number of benzene rings is 2. The maximum absolute atomic E-state index is 13.8. The largest absolute Gasteiger partial charge is 0.450 e. The summed E-state index contributed by atoms with van der Waals surface area (Å²) in [7, 11) is 0. The highest BCUT2D eigenvalue weighted by Crippen LogP contribution is 2.38. The Kier molecular flexibility index (Phi) is 5.47. The van der Waals surface area contributed by atoms with Crippen LogP contribution in [0.5, 0.6) is 11.5 Å². The lowest BCUT2D eigenvalue weighted by Crippen LogP contribution is -2.19. The van der Waals surface area contributed by atoms with Crippen LogP contribution in [0.4, 0.5) is 32.0 Å². The summed E-state index contributed by atoms with van der Waals surface area (Å²) in [5.41, 5.74) is 3.45. The number of rotatable bonds is 3. The van der Waals surface area contributed by atoms with Crippen LogP contribution >= 0.6 is 28.1 Å². The highest BCUT2D eigenvalue weighted by atomic mass is 79.9. The zero-order valence-corrected chi connectivity index (χ0v) is 14.3. The second-order valence-corrected chi connectivity index (χ2v) is 5.91. The molecule has 0 bridgehead atoms. The van der Waals surface area contributed by atoms with Crippen molar-refractivity contribution in [3.05, 3.63) is 51.8 Å². The van der Waals surface area contributed by atoms with Crippen LogP contribution in [0, 0.1) is 17.5 Å². The smallest absolute Gasteiger partial charge is 0.416 e. The van der Waals surface area contributed by atoms with E-state index in [0.717, 1.165) is 12.1 Å². The molecular weight excluding hydrogens is 438 g/mol. The summed E-state index contributed by atoms with van der Waals surface area (Å²) in [6.07, 6.45) is -4.93. The molecule has 0 heterocycles. The summed E-state index contributed by atoms with van der Waals surface area (Å²) in [5.74, 6) is -5.32. The number of hydrogen-bond acceptors (Lipinski definition) is 2. The van der Waals surface area contributed by atoms with Gasteiger partial charge in [0.1, 0.15) is 11.6 Å². The molecule has 0 atom stereocenters. The van der Waals surface area contributed by atoms with Crippen molar-refractivity contribution in [2.75, 3.05) is 5.32 Å². The molecule has 0 unspecified atom stereocenters. The van der Waals surface area contributed by atoms with E-state index >= 15 is 0 Å². The van der Waals surface area contributed by atoms with Gasteiger partial charge in [-0.15, -0.1) is 0 Å². The number of ether oxygens (including phenoxy) is 1. The van der Waals surface area contributed by atoms with E-state index in [1.54, 1.807) is 0 Å². The Morgan fingerprint density at radius 2 is 1.60 bits per heavy atom. The minimum Gasteiger partial charge on any atom is -0.450 e. The van der Waals surface area contributed by atoms with E-state index in [-0.39, 0.29) is 33.2 Å². The highest BCUT2D eigenvalue weighted by molar-refractivity contribution is 9.10. The molecular formula is C14H7BrF6N2OS. The summed E-state index contributed by atoms with van der Waals surface area (Å²) < 4.78 is 83.9. The Balaban J connectivity index is 2.45. The lowest BCUT2D eigenvalue weighted by molar-refractivity contribution is -0.138. The van der Waals surface area contributed by atoms with E-state index < -0.39 is 34.9 Å². The van der Waals surface area contributed by atoms with Gasteiger partial charge in [0, 0.05) is 6.07 Å². The van der Waals surface area contributed by atoms with Gasteiger partial charge in [-0.3, -0.25) is 0 Å². The Bertz CT molecular complexity index is 820. The fourth-order valence-electron chi connectivity index (χ4n) is 1.77. The van der Waals surface area contributed by atoms with Crippen molar-refractivity contribution in [3.63, 3.8) is 0 Å². The van der Waals surface area contributed by atoms with Gasteiger partial charge >= 0.3 is 6.18 Å². The molecule has 2 aromatic carbocycles. The van der Waals surface area contributed by atoms with Crippen LogP contribution < -0.4 is 15.8 Å². The quantitative estimate of drug-likeness (QED) is 0.495. The molecule has 0 amide bonds. The van der Waals surface area contributed by atoms with Gasteiger partial charge in [0.15, 0.2) is 22.5 Å². The number of nitrogens with two attached hydrogens (primary N) is 1. The van der Waals surface area contributed by atoms with Crippen molar-refractivity contribution in [3.8, 4) is 11.5 Å². The van der Waals surface area contributed by atoms with Crippen LogP contribution in [-0.4, -0.2) is 5.11 Å². The van der Waals surface area contributed by atoms with Gasteiger partial charge in [-0.1, -0.05) is 0 Å². The minimum absolute atomic E-state index is 0.0443. The summed E-state index contributed by atoms with van der Waals surface area (Å²) in [5, 5.41) is 2.00. The maximum atomic E-state index is 13.8. The molecule has 25 heavy (non-hydrogen) atoms. The molecule has 2 aromatic rings. The van der Waals surface area contributed by atoms with Crippen LogP contribution in [0.1, 0.15) is 5.56 Å². The molecule has 0 aliphatic rings. The van der Waals surface area contributed by atoms with Gasteiger partial charge in [-0.2, -0.15) is 13.2 Å². The average molecular weight is 445 g/mol. The third kappa shape index (κ3) is 4.54. The van der Waals surface area contributed by atoms with Gasteiger partial charge in [-0.05, 0) is 46.3 Å². The first kappa shape index (κ1) is 19.3. The minimum atomic E-state index is -4.93. The lowest BCUT2D eigenvalue weighted by atomic mass is 10.2. The van der Waals surface area contributed by atoms with Crippen LogP contribution in [0.2, 0.25) is 0 Å². The monoisotopic (exact) mass is 444 g/mol. The van der Waals surface area contributed by atoms with Crippen LogP contribution in [0.15, 0.2) is 28.7 Å². The van der Waals surface area contributed by atoms with E-state index in [1.165, 1.54) is 0 Å². The SMILES string of the molecule is NC(=S)Nc1cc(Oc2c(F)cc(C(F)(F)F)cc2F)c(Br)cc1F. The molecule has 0 aliphatic heterocycles. The van der Waals surface area contributed by atoms with Crippen molar-refractivity contribution in [2.24, 2.45) is 5.73 Å². The van der Waals surface area contributed by atoms with Crippen LogP contribution in [0.25, 0.3) is 0 Å². The van der Waals surface area contributed by atoms with Crippen molar-refractivity contribution < 1.29 is 31.1 Å². The first-order valence-electron chi connectivity index (χ1n) is 6.28. The molecule has 0 aliphatic carbocycles. The molecule has 0 fully saturated rings. The number of hydrogen-bond donors (Lipinski definition) is 2. The molecule has 0 saturated heterocycles. The summed E-state index contributed by atoms with van der Waals surface area (Å²) >= 11 is 7.47. The molecule has 2 rings (SSSR count). The Labute approximate surface area is 150 Å². The Morgan fingerprint density at radius 3 is 2.08 bits per heavy atom. The van der Waals surface area contributed by atoms with Crippen molar-refractivity contribution >= 4 is 38.9 Å². The fourth-order valence-corrected chi connectivity index (χ4v) is 2.27. The van der Waals surface area contributed by atoms with Gasteiger partial charge in [-0.25, -0.2) is 13.2 Å². The molecule has 0 saturated carbocycles. The highest BCUT2D eigenvalue weighted by Gasteiger charge is 2.33. The maximum Gasteiger partial charge on any atom is 0.416 e. The normalized spacial score (nSPS) is 11.3. The number of thiocarbonyl (C=S) groups is 1. The molecule has 0 aromatic heterocycles. The summed E-state index contributed by atoms with van der Waals surface area (Å²) in [6.45, 7) is 0. The first-order valence-corrected chi connectivity index (χ1v) is 7.48. The number of alkyl halides is 3. The third-order valence-corrected chi connectivity index (χ3v) is 3.54. The topological polar surface area (TPSA) is 47.3 Å². The standard InChI is InChI=1S/C14H7BrF6N2OS/c15-6-3-7(16)10(23-13(22)25)4-11(6)24-12-8(17)1-5(2-9(12)18)14(19,20)21/h1-4H,(H3,22,23,25). The van der Waals surface area contributed by atoms with E-state index in [0.29, 0.717) is 0 Å². The van der Waals surface area contributed by atoms with Gasteiger partial charge in [0.05, 0.1) is 15.7 Å². The predicted octanol–water partition coefficient (Wildman–Crippen LogP) is 5.33. The van der Waals surface area contributed by atoms with Crippen LogP contribution in [-0.2, 0) is 6.18 Å². The first-order chi connectivity index (χ1) is 11.5. The van der Waals surface area contributed by atoms with Crippen LogP contribution in [0.3, 0.4) is 0 Å². The molecule has 11 heteroatoms. The molecule has 0 radical (unpaired) electrons. The predicted molar refractivity (Wildman–Crippen MR) is 85.9 cm³/mol. The van der Waals surface area contributed by atoms with E-state index in [4.69, 9.17) is 10.5 Å². The number of anilines is 1. The second kappa shape index (κ2) is 7.08. The average Bonchev–Trinajstić information content (AvgIpc) is 2.45. The molecule has 3 N–H and O–H groups in total. The third-order valence-electron chi connectivity index (χ3n) is 2.82. The van der Waals surface area contributed by atoms with Gasteiger partial charge in [0.25, 0.3) is 0 Å². The lowest BCUT2D eigenvalue weighted by Gasteiger charge is -2.14. The summed E-state index contributed by atoms with van der Waals surface area (Å²) in [6, 6.07) is 2.05. The van der Waals surface area contributed by atoms with E-state index in [1.807, 2.05) is 0 Å². The fraction of sp³-hybridized carbons (Fsp3) is 0.0714. The zero-order chi connectivity index (χ0) is 18.9. The van der Waals surface area contributed by atoms with Gasteiger partial charge < -0.3 is 15.8 Å². The van der Waals surface area contributed by atoms with Crippen molar-refractivity contribution in [2.45, 2.75) is 6.18 Å². The molecule has 3 nitrogen and oxygen atoms in total. The molecule has 134 valence electrons. The Morgan fingerprint density at radius 1 is 1.04 bits per heavy atom. The summed E-state index contributed by atoms with van der Waals surface area (Å²) in [4.78, 5) is 0. The number of halogens is 7. The molecule has 0 spiro atoms. The second-order valence-electron chi connectivity index (χ2n) is 4.62. The Hall–Kier alpha value is -2.01. The number of nitrogens with one attached hydrogen (secondary N) is 1. The van der Waals surface area contributed by atoms with Gasteiger partial charge in [0.2, 0.25) is 0 Å². The van der Waals surface area contributed by atoms with E-state index in [2.05, 4.69) is 33.5 Å². The van der Waals surface area contributed by atoms with E-state index in [9.17, 15) is 26.3 Å². The zero-order valence-electron chi connectivity index (χ0n) is 11.8.